The lowest BCUT2D eigenvalue weighted by Gasteiger charge is -2.20. The van der Waals surface area contributed by atoms with E-state index in [4.69, 9.17) is 4.42 Å². The molecule has 1 aromatic carbocycles. The largest absolute Gasteiger partial charge is 0.468 e. The number of nitrogens with zero attached hydrogens (tertiary/aromatic N) is 1. The first kappa shape index (κ1) is 16.8. The van der Waals surface area contributed by atoms with E-state index in [0.29, 0.717) is 30.7 Å². The number of aromatic amines is 1. The van der Waals surface area contributed by atoms with Gasteiger partial charge in [-0.05, 0) is 64.2 Å². The van der Waals surface area contributed by atoms with Crippen LogP contribution in [0.2, 0.25) is 0 Å². The van der Waals surface area contributed by atoms with Gasteiger partial charge in [-0.2, -0.15) is 11.3 Å². The van der Waals surface area contributed by atoms with Crippen LogP contribution >= 0.6 is 11.3 Å². The normalized spacial score (nSPS) is 11.5. The number of pyridine rings is 1. The zero-order chi connectivity index (χ0) is 17.9. The number of thiophene rings is 1. The van der Waals surface area contributed by atoms with Crippen LogP contribution in [0.5, 0.6) is 0 Å². The standard InChI is InChI=1S/C20H17FN2O2S/c21-17-4-3-15-8-16(20(24)22-19(15)9-17)11-23(10-14-5-7-26-13-14)12-18-2-1-6-25-18/h1-9,13H,10-12H2,(H,22,24). The summed E-state index contributed by atoms with van der Waals surface area (Å²) in [7, 11) is 0. The topological polar surface area (TPSA) is 49.2 Å². The molecule has 4 nitrogen and oxygen atoms in total. The summed E-state index contributed by atoms with van der Waals surface area (Å²) in [5.41, 5.74) is 2.15. The summed E-state index contributed by atoms with van der Waals surface area (Å²) in [6, 6.07) is 12.1. The molecule has 0 amide bonds. The third-order valence-corrected chi connectivity index (χ3v) is 4.96. The number of nitrogens with one attached hydrogen (secondary N) is 1. The number of rotatable bonds is 6. The van der Waals surface area contributed by atoms with E-state index < -0.39 is 0 Å². The highest BCUT2D eigenvalue weighted by molar-refractivity contribution is 7.07. The minimum absolute atomic E-state index is 0.196. The van der Waals surface area contributed by atoms with E-state index in [1.54, 1.807) is 23.7 Å². The first-order chi connectivity index (χ1) is 12.7. The quantitative estimate of drug-likeness (QED) is 0.544. The van der Waals surface area contributed by atoms with Gasteiger partial charge >= 0.3 is 0 Å². The number of furan rings is 1. The summed E-state index contributed by atoms with van der Waals surface area (Å²) in [4.78, 5) is 17.4. The molecule has 0 spiro atoms. The molecule has 132 valence electrons. The van der Waals surface area contributed by atoms with Crippen molar-refractivity contribution in [2.45, 2.75) is 19.6 Å². The number of H-pyrrole nitrogens is 1. The van der Waals surface area contributed by atoms with Gasteiger partial charge in [-0.25, -0.2) is 4.39 Å². The van der Waals surface area contributed by atoms with Crippen molar-refractivity contribution in [1.82, 2.24) is 9.88 Å². The smallest absolute Gasteiger partial charge is 0.252 e. The lowest BCUT2D eigenvalue weighted by atomic mass is 10.1. The third kappa shape index (κ3) is 3.76. The van der Waals surface area contributed by atoms with Crippen LogP contribution in [0.1, 0.15) is 16.9 Å². The van der Waals surface area contributed by atoms with Gasteiger partial charge in [0.2, 0.25) is 0 Å². The van der Waals surface area contributed by atoms with Crippen LogP contribution < -0.4 is 5.56 Å². The predicted octanol–water partition coefficient (Wildman–Crippen LogP) is 4.52. The summed E-state index contributed by atoms with van der Waals surface area (Å²) in [6.07, 6.45) is 1.65. The molecule has 1 N–H and O–H groups in total. The second-order valence-electron chi connectivity index (χ2n) is 6.21. The summed E-state index contributed by atoms with van der Waals surface area (Å²) in [5.74, 6) is 0.484. The molecule has 0 unspecified atom stereocenters. The lowest BCUT2D eigenvalue weighted by Crippen LogP contribution is -2.26. The number of benzene rings is 1. The highest BCUT2D eigenvalue weighted by Gasteiger charge is 2.13. The summed E-state index contributed by atoms with van der Waals surface area (Å²) in [5, 5.41) is 4.95. The number of hydrogen-bond acceptors (Lipinski definition) is 4. The summed E-state index contributed by atoms with van der Waals surface area (Å²) in [6.45, 7) is 1.79. The predicted molar refractivity (Wildman–Crippen MR) is 101 cm³/mol. The molecule has 0 bridgehead atoms. The molecule has 3 heterocycles. The maximum absolute atomic E-state index is 13.4. The van der Waals surface area contributed by atoms with Crippen molar-refractivity contribution in [1.29, 1.82) is 0 Å². The molecule has 0 saturated carbocycles. The molecule has 3 aromatic heterocycles. The Labute approximate surface area is 153 Å². The van der Waals surface area contributed by atoms with Gasteiger partial charge in [-0.3, -0.25) is 9.69 Å². The fourth-order valence-electron chi connectivity index (χ4n) is 3.01. The highest BCUT2D eigenvalue weighted by Crippen LogP contribution is 2.17. The second kappa shape index (κ2) is 7.27. The molecule has 0 radical (unpaired) electrons. The Kier molecular flexibility index (Phi) is 4.69. The van der Waals surface area contributed by atoms with Crippen LogP contribution in [-0.4, -0.2) is 9.88 Å². The van der Waals surface area contributed by atoms with Gasteiger partial charge in [0.1, 0.15) is 11.6 Å². The van der Waals surface area contributed by atoms with Crippen molar-refractivity contribution in [3.63, 3.8) is 0 Å². The van der Waals surface area contributed by atoms with Gasteiger partial charge in [0.05, 0.1) is 18.3 Å². The van der Waals surface area contributed by atoms with Crippen molar-refractivity contribution in [3.05, 3.63) is 92.5 Å². The Hall–Kier alpha value is -2.70. The van der Waals surface area contributed by atoms with Gasteiger partial charge in [0.25, 0.3) is 5.56 Å². The first-order valence-corrected chi connectivity index (χ1v) is 9.19. The average molecular weight is 368 g/mol. The molecule has 0 aliphatic carbocycles. The second-order valence-corrected chi connectivity index (χ2v) is 6.99. The van der Waals surface area contributed by atoms with Gasteiger partial charge in [-0.1, -0.05) is 0 Å². The average Bonchev–Trinajstić information content (AvgIpc) is 3.30. The summed E-state index contributed by atoms with van der Waals surface area (Å²) < 4.78 is 18.8. The molecular formula is C20H17FN2O2S. The Morgan fingerprint density at radius 2 is 2.04 bits per heavy atom. The molecule has 0 saturated heterocycles. The van der Waals surface area contributed by atoms with Crippen molar-refractivity contribution >= 4 is 22.2 Å². The molecule has 26 heavy (non-hydrogen) atoms. The van der Waals surface area contributed by atoms with Crippen molar-refractivity contribution in [2.75, 3.05) is 0 Å². The van der Waals surface area contributed by atoms with E-state index >= 15 is 0 Å². The van der Waals surface area contributed by atoms with Gasteiger partial charge < -0.3 is 9.40 Å². The molecule has 4 aromatic rings. The Morgan fingerprint density at radius 3 is 2.81 bits per heavy atom. The summed E-state index contributed by atoms with van der Waals surface area (Å²) >= 11 is 1.65. The number of hydrogen-bond donors (Lipinski definition) is 1. The van der Waals surface area contributed by atoms with Gasteiger partial charge in [-0.15, -0.1) is 0 Å². The van der Waals surface area contributed by atoms with Crippen molar-refractivity contribution in [2.24, 2.45) is 0 Å². The SMILES string of the molecule is O=c1[nH]c2cc(F)ccc2cc1CN(Cc1ccsc1)Cc1ccco1. The van der Waals surface area contributed by atoms with Crippen LogP contribution in [-0.2, 0) is 19.6 Å². The van der Waals surface area contributed by atoms with Gasteiger partial charge in [0.15, 0.2) is 0 Å². The molecule has 0 aliphatic heterocycles. The number of halogens is 1. The van der Waals surface area contributed by atoms with Crippen molar-refractivity contribution < 1.29 is 8.81 Å². The first-order valence-electron chi connectivity index (χ1n) is 8.25. The third-order valence-electron chi connectivity index (χ3n) is 4.22. The lowest BCUT2D eigenvalue weighted by molar-refractivity contribution is 0.226. The number of fused-ring (bicyclic) bond motifs is 1. The Morgan fingerprint density at radius 1 is 1.12 bits per heavy atom. The number of aromatic nitrogens is 1. The van der Waals surface area contributed by atoms with E-state index in [2.05, 4.69) is 21.3 Å². The molecule has 0 fully saturated rings. The zero-order valence-electron chi connectivity index (χ0n) is 13.9. The minimum atomic E-state index is -0.363. The highest BCUT2D eigenvalue weighted by atomic mass is 32.1. The van der Waals surface area contributed by atoms with Gasteiger partial charge in [0, 0.05) is 18.7 Å². The fraction of sp³-hybridized carbons (Fsp3) is 0.150. The van der Waals surface area contributed by atoms with E-state index in [0.717, 1.165) is 11.1 Å². The van der Waals surface area contributed by atoms with E-state index in [-0.39, 0.29) is 11.4 Å². The van der Waals surface area contributed by atoms with Crippen molar-refractivity contribution in [3.8, 4) is 0 Å². The van der Waals surface area contributed by atoms with Crippen LogP contribution in [0.3, 0.4) is 0 Å². The maximum atomic E-state index is 13.4. The molecule has 0 atom stereocenters. The van der Waals surface area contributed by atoms with E-state index in [1.165, 1.54) is 17.7 Å². The van der Waals surface area contributed by atoms with E-state index in [1.807, 2.05) is 23.6 Å². The Bertz CT molecular complexity index is 1020. The maximum Gasteiger partial charge on any atom is 0.252 e. The molecular weight excluding hydrogens is 351 g/mol. The molecule has 0 aliphatic rings. The van der Waals surface area contributed by atoms with Crippen LogP contribution in [0.25, 0.3) is 10.9 Å². The van der Waals surface area contributed by atoms with Crippen LogP contribution in [0, 0.1) is 5.82 Å². The van der Waals surface area contributed by atoms with Crippen LogP contribution in [0.15, 0.2) is 68.7 Å². The zero-order valence-corrected chi connectivity index (χ0v) is 14.8. The molecule has 4 rings (SSSR count). The Balaban J connectivity index is 1.63. The fourth-order valence-corrected chi connectivity index (χ4v) is 3.67. The monoisotopic (exact) mass is 368 g/mol. The van der Waals surface area contributed by atoms with Crippen LogP contribution in [0.4, 0.5) is 4.39 Å². The minimum Gasteiger partial charge on any atom is -0.468 e. The molecule has 6 heteroatoms. The van der Waals surface area contributed by atoms with E-state index in [9.17, 15) is 9.18 Å².